The average molecular weight is 277 g/mol. The van der Waals surface area contributed by atoms with Crippen LogP contribution in [-0.2, 0) is 0 Å². The van der Waals surface area contributed by atoms with Crippen LogP contribution < -0.4 is 4.46 Å². The Morgan fingerprint density at radius 2 is 1.38 bits per heavy atom. The molecule has 0 aromatic heterocycles. The molecule has 0 amide bonds. The third-order valence-corrected chi connectivity index (χ3v) is 3.32. The zero-order chi connectivity index (χ0) is 11.7. The molecule has 0 aliphatic carbocycles. The Morgan fingerprint density at radius 1 is 0.875 bits per heavy atom. The van der Waals surface area contributed by atoms with Gasteiger partial charge < -0.3 is 0 Å². The molecule has 0 atom stereocenters. The number of aryl methyl sites for hydroxylation is 2. The molecule has 2 aromatic rings. The van der Waals surface area contributed by atoms with Gasteiger partial charge in [0.2, 0.25) is 0 Å². The quantitative estimate of drug-likeness (QED) is 0.792. The first-order chi connectivity index (χ1) is 7.58. The van der Waals surface area contributed by atoms with E-state index in [9.17, 15) is 5.11 Å². The second-order valence-corrected chi connectivity index (χ2v) is 5.09. The minimum atomic E-state index is 0.396. The van der Waals surface area contributed by atoms with Crippen LogP contribution in [0.4, 0.5) is 0 Å². The van der Waals surface area contributed by atoms with E-state index in [2.05, 4.69) is 40.3 Å². The number of phenols is 1. The Bertz CT molecular complexity index is 492. The van der Waals surface area contributed by atoms with E-state index < -0.39 is 0 Å². The van der Waals surface area contributed by atoms with Gasteiger partial charge in [-0.15, -0.1) is 0 Å². The summed E-state index contributed by atoms with van der Waals surface area (Å²) in [6.07, 6.45) is 0. The molecule has 0 aliphatic rings. The van der Waals surface area contributed by atoms with Gasteiger partial charge in [-0.1, -0.05) is 0 Å². The first-order valence-corrected chi connectivity index (χ1v) is 6.11. The summed E-state index contributed by atoms with van der Waals surface area (Å²) in [6, 6.07) is 12.4. The predicted molar refractivity (Wildman–Crippen MR) is 69.8 cm³/mol. The molecule has 0 fully saturated rings. The van der Waals surface area contributed by atoms with Crippen LogP contribution in [0.2, 0.25) is 0 Å². The molecule has 0 unspecified atom stereocenters. The Hall–Kier alpha value is -1.24. The molecular formula is C14H14OSe. The minimum absolute atomic E-state index is 0.396. The molecule has 82 valence electrons. The fourth-order valence-corrected chi connectivity index (χ4v) is 2.09. The summed E-state index contributed by atoms with van der Waals surface area (Å²) in [4.78, 5) is 0. The SMILES string of the molecule is Cc1cc(-c2ccc([SeH])cc2)cc(C)c1O. The molecule has 2 heteroatoms. The van der Waals surface area contributed by atoms with E-state index in [0.717, 1.165) is 16.7 Å². The molecule has 0 bridgehead atoms. The maximum atomic E-state index is 9.72. The topological polar surface area (TPSA) is 20.2 Å². The number of benzene rings is 2. The first-order valence-electron chi connectivity index (χ1n) is 5.17. The monoisotopic (exact) mass is 278 g/mol. The summed E-state index contributed by atoms with van der Waals surface area (Å²) in [7, 11) is 0. The summed E-state index contributed by atoms with van der Waals surface area (Å²) in [6.45, 7) is 3.85. The zero-order valence-corrected chi connectivity index (χ0v) is 11.2. The fourth-order valence-electron chi connectivity index (χ4n) is 1.78. The van der Waals surface area contributed by atoms with Gasteiger partial charge in [-0.25, -0.2) is 0 Å². The van der Waals surface area contributed by atoms with Crippen LogP contribution in [0.5, 0.6) is 5.75 Å². The average Bonchev–Trinajstić information content (AvgIpc) is 2.26. The summed E-state index contributed by atoms with van der Waals surface area (Å²) in [5, 5.41) is 9.72. The van der Waals surface area contributed by atoms with Crippen molar-refractivity contribution < 1.29 is 5.11 Å². The van der Waals surface area contributed by atoms with Crippen LogP contribution in [-0.4, -0.2) is 21.1 Å². The molecular weight excluding hydrogens is 263 g/mol. The van der Waals surface area contributed by atoms with Gasteiger partial charge in [0.15, 0.2) is 0 Å². The van der Waals surface area contributed by atoms with Gasteiger partial charge in [0, 0.05) is 0 Å². The van der Waals surface area contributed by atoms with E-state index in [0.29, 0.717) is 5.75 Å². The Labute approximate surface area is 104 Å². The number of rotatable bonds is 1. The van der Waals surface area contributed by atoms with Gasteiger partial charge in [-0.2, -0.15) is 0 Å². The summed E-state index contributed by atoms with van der Waals surface area (Å²) >= 11 is 2.53. The van der Waals surface area contributed by atoms with Crippen LogP contribution in [0.3, 0.4) is 0 Å². The van der Waals surface area contributed by atoms with E-state index in [1.165, 1.54) is 10.0 Å². The number of hydrogen-bond donors (Lipinski definition) is 1. The van der Waals surface area contributed by atoms with Gasteiger partial charge in [0.25, 0.3) is 0 Å². The normalized spacial score (nSPS) is 10.4. The Balaban J connectivity index is 2.52. The molecule has 1 N–H and O–H groups in total. The van der Waals surface area contributed by atoms with Crippen molar-refractivity contribution in [3.05, 3.63) is 47.5 Å². The van der Waals surface area contributed by atoms with Crippen LogP contribution in [0.15, 0.2) is 36.4 Å². The zero-order valence-electron chi connectivity index (χ0n) is 9.36. The third kappa shape index (κ3) is 2.13. The standard InChI is InChI=1S/C14H14OSe/c1-9-7-12(8-10(2)14(9)15)11-3-5-13(16)6-4-11/h3-8,15-16H,1-2H3. The van der Waals surface area contributed by atoms with Crippen LogP contribution >= 0.6 is 0 Å². The predicted octanol–water partition coefficient (Wildman–Crippen LogP) is 2.20. The molecule has 0 radical (unpaired) electrons. The van der Waals surface area contributed by atoms with Crippen molar-refractivity contribution in [2.75, 3.05) is 0 Å². The van der Waals surface area contributed by atoms with Crippen molar-refractivity contribution in [3.63, 3.8) is 0 Å². The van der Waals surface area contributed by atoms with E-state index in [1.54, 1.807) is 0 Å². The van der Waals surface area contributed by atoms with Crippen molar-refractivity contribution in [2.45, 2.75) is 13.8 Å². The van der Waals surface area contributed by atoms with Crippen molar-refractivity contribution in [2.24, 2.45) is 0 Å². The van der Waals surface area contributed by atoms with Crippen LogP contribution in [0.1, 0.15) is 11.1 Å². The molecule has 0 saturated heterocycles. The van der Waals surface area contributed by atoms with E-state index in [4.69, 9.17) is 0 Å². The number of hydrogen-bond acceptors (Lipinski definition) is 1. The fraction of sp³-hybridized carbons (Fsp3) is 0.143. The molecule has 2 rings (SSSR count). The molecule has 0 saturated carbocycles. The van der Waals surface area contributed by atoms with Gasteiger partial charge in [0.05, 0.1) is 0 Å². The van der Waals surface area contributed by atoms with Gasteiger partial charge in [-0.05, 0) is 0 Å². The molecule has 0 aliphatic heterocycles. The van der Waals surface area contributed by atoms with Gasteiger partial charge in [-0.3, -0.25) is 0 Å². The second-order valence-electron chi connectivity index (χ2n) is 4.01. The van der Waals surface area contributed by atoms with Crippen LogP contribution in [0, 0.1) is 13.8 Å². The molecule has 0 spiro atoms. The van der Waals surface area contributed by atoms with Crippen molar-refractivity contribution >= 4 is 20.5 Å². The van der Waals surface area contributed by atoms with Crippen molar-refractivity contribution in [3.8, 4) is 16.9 Å². The van der Waals surface area contributed by atoms with E-state index in [-0.39, 0.29) is 0 Å². The van der Waals surface area contributed by atoms with E-state index in [1.807, 2.05) is 26.0 Å². The number of phenolic OH excluding ortho intramolecular Hbond substituents is 1. The molecule has 2 aromatic carbocycles. The molecule has 0 heterocycles. The first kappa shape index (κ1) is 11.3. The summed E-state index contributed by atoms with van der Waals surface area (Å²) in [5.41, 5.74) is 4.18. The molecule has 1 nitrogen and oxygen atoms in total. The van der Waals surface area contributed by atoms with Gasteiger partial charge >= 0.3 is 104 Å². The van der Waals surface area contributed by atoms with E-state index >= 15 is 0 Å². The third-order valence-electron chi connectivity index (χ3n) is 2.69. The van der Waals surface area contributed by atoms with Crippen LogP contribution in [0.25, 0.3) is 11.1 Å². The summed E-state index contributed by atoms with van der Waals surface area (Å²) in [5.74, 6) is 0.396. The Kier molecular flexibility index (Phi) is 3.04. The van der Waals surface area contributed by atoms with Gasteiger partial charge in [0.1, 0.15) is 0 Å². The maximum absolute atomic E-state index is 9.72. The Morgan fingerprint density at radius 3 is 1.88 bits per heavy atom. The summed E-state index contributed by atoms with van der Waals surface area (Å²) < 4.78 is 1.20. The number of aromatic hydroxyl groups is 1. The second kappa shape index (κ2) is 4.32. The van der Waals surface area contributed by atoms with Crippen molar-refractivity contribution in [1.82, 2.24) is 0 Å². The molecule has 16 heavy (non-hydrogen) atoms. The van der Waals surface area contributed by atoms with Crippen molar-refractivity contribution in [1.29, 1.82) is 0 Å².